The molecule has 21 heavy (non-hydrogen) atoms. The number of rotatable bonds is 4. The van der Waals surface area contributed by atoms with Crippen LogP contribution in [0.25, 0.3) is 0 Å². The third kappa shape index (κ3) is 3.32. The Bertz CT molecular complexity index is 776. The smallest absolute Gasteiger partial charge is 0.242 e. The van der Waals surface area contributed by atoms with Crippen molar-refractivity contribution in [3.8, 4) is 0 Å². The van der Waals surface area contributed by atoms with E-state index in [0.717, 1.165) is 5.56 Å². The molecule has 0 radical (unpaired) electrons. The van der Waals surface area contributed by atoms with Gasteiger partial charge in [0.05, 0.1) is 11.4 Å². The van der Waals surface area contributed by atoms with Gasteiger partial charge in [-0.3, -0.25) is 0 Å². The molecule has 0 amide bonds. The molecule has 0 bridgehead atoms. The van der Waals surface area contributed by atoms with Crippen LogP contribution in [0.3, 0.4) is 0 Å². The highest BCUT2D eigenvalue weighted by molar-refractivity contribution is 7.89. The first-order valence-corrected chi connectivity index (χ1v) is 7.68. The molecular formula is C14H16FN3O2S. The number of hydrogen-bond acceptors (Lipinski definition) is 4. The zero-order valence-electron chi connectivity index (χ0n) is 11.6. The summed E-state index contributed by atoms with van der Waals surface area (Å²) < 4.78 is 40.0. The van der Waals surface area contributed by atoms with E-state index in [0.29, 0.717) is 5.69 Å². The molecule has 112 valence electrons. The molecule has 0 aliphatic rings. The SMILES string of the molecule is CNS(=O)(=O)c1cc(N)ccc1Nc1cc(C)ccc1F. The second kappa shape index (κ2) is 5.71. The molecule has 0 aliphatic heterocycles. The Morgan fingerprint density at radius 2 is 1.81 bits per heavy atom. The molecule has 0 aromatic heterocycles. The monoisotopic (exact) mass is 309 g/mol. The number of nitrogen functional groups attached to an aromatic ring is 1. The highest BCUT2D eigenvalue weighted by atomic mass is 32.2. The zero-order chi connectivity index (χ0) is 15.6. The molecule has 0 spiro atoms. The van der Waals surface area contributed by atoms with Gasteiger partial charge in [-0.05, 0) is 49.9 Å². The summed E-state index contributed by atoms with van der Waals surface area (Å²) in [7, 11) is -2.41. The number of aryl methyl sites for hydroxylation is 1. The molecule has 0 saturated heterocycles. The van der Waals surface area contributed by atoms with Gasteiger partial charge in [0.25, 0.3) is 0 Å². The molecule has 0 fully saturated rings. The number of nitrogens with two attached hydrogens (primary N) is 1. The molecule has 0 heterocycles. The van der Waals surface area contributed by atoms with Crippen molar-refractivity contribution in [3.05, 3.63) is 47.8 Å². The predicted octanol–water partition coefficient (Wildman–Crippen LogP) is 2.37. The van der Waals surface area contributed by atoms with E-state index < -0.39 is 15.8 Å². The summed E-state index contributed by atoms with van der Waals surface area (Å²) in [6.45, 7) is 1.82. The summed E-state index contributed by atoms with van der Waals surface area (Å²) in [6, 6.07) is 8.92. The fourth-order valence-corrected chi connectivity index (χ4v) is 2.77. The van der Waals surface area contributed by atoms with E-state index in [9.17, 15) is 12.8 Å². The van der Waals surface area contributed by atoms with Crippen molar-refractivity contribution >= 4 is 27.1 Å². The van der Waals surface area contributed by atoms with Crippen LogP contribution in [0, 0.1) is 12.7 Å². The maximum absolute atomic E-state index is 13.8. The highest BCUT2D eigenvalue weighted by Gasteiger charge is 2.18. The van der Waals surface area contributed by atoms with Gasteiger partial charge in [0.1, 0.15) is 10.7 Å². The molecule has 0 unspecified atom stereocenters. The van der Waals surface area contributed by atoms with E-state index in [4.69, 9.17) is 5.73 Å². The minimum atomic E-state index is -3.71. The minimum absolute atomic E-state index is 0.0362. The first-order valence-electron chi connectivity index (χ1n) is 6.20. The average Bonchev–Trinajstić information content (AvgIpc) is 2.44. The maximum Gasteiger partial charge on any atom is 0.242 e. The number of nitrogens with one attached hydrogen (secondary N) is 2. The van der Waals surface area contributed by atoms with Crippen molar-refractivity contribution in [2.45, 2.75) is 11.8 Å². The van der Waals surface area contributed by atoms with E-state index in [2.05, 4.69) is 10.0 Å². The second-order valence-electron chi connectivity index (χ2n) is 4.57. The third-order valence-corrected chi connectivity index (χ3v) is 4.41. The molecule has 2 rings (SSSR count). The van der Waals surface area contributed by atoms with Crippen LogP contribution in [0.2, 0.25) is 0 Å². The number of sulfonamides is 1. The summed E-state index contributed by atoms with van der Waals surface area (Å²) >= 11 is 0. The Balaban J connectivity index is 2.52. The van der Waals surface area contributed by atoms with Crippen molar-refractivity contribution in [2.24, 2.45) is 0 Å². The van der Waals surface area contributed by atoms with Crippen molar-refractivity contribution in [1.29, 1.82) is 0 Å². The predicted molar refractivity (Wildman–Crippen MR) is 81.5 cm³/mol. The van der Waals surface area contributed by atoms with Crippen LogP contribution in [-0.2, 0) is 10.0 Å². The van der Waals surface area contributed by atoms with Gasteiger partial charge >= 0.3 is 0 Å². The molecule has 0 saturated carbocycles. The van der Waals surface area contributed by atoms with Gasteiger partial charge in [-0.15, -0.1) is 0 Å². The summed E-state index contributed by atoms with van der Waals surface area (Å²) in [5, 5.41) is 2.80. The van der Waals surface area contributed by atoms with Gasteiger partial charge in [0.15, 0.2) is 0 Å². The fourth-order valence-electron chi connectivity index (χ4n) is 1.85. The average molecular weight is 309 g/mol. The molecule has 2 aromatic carbocycles. The molecule has 4 N–H and O–H groups in total. The van der Waals surface area contributed by atoms with Gasteiger partial charge in [0.2, 0.25) is 10.0 Å². The van der Waals surface area contributed by atoms with E-state index in [1.54, 1.807) is 18.2 Å². The Labute approximate surface area is 123 Å². The zero-order valence-corrected chi connectivity index (χ0v) is 12.5. The molecule has 2 aromatic rings. The summed E-state index contributed by atoms with van der Waals surface area (Å²) in [4.78, 5) is -0.0362. The Kier molecular flexibility index (Phi) is 4.15. The Morgan fingerprint density at radius 1 is 1.10 bits per heavy atom. The normalized spacial score (nSPS) is 11.4. The van der Waals surface area contributed by atoms with Crippen LogP contribution < -0.4 is 15.8 Å². The van der Waals surface area contributed by atoms with Gasteiger partial charge in [0, 0.05) is 5.69 Å². The lowest BCUT2D eigenvalue weighted by molar-refractivity contribution is 0.588. The van der Waals surface area contributed by atoms with Gasteiger partial charge in [-0.2, -0.15) is 0 Å². The number of hydrogen-bond donors (Lipinski definition) is 3. The standard InChI is InChI=1S/C14H16FN3O2S/c1-9-3-5-11(15)13(7-9)18-12-6-4-10(16)8-14(12)21(19,20)17-2/h3-8,17-18H,16H2,1-2H3. The molecule has 5 nitrogen and oxygen atoms in total. The Hall–Kier alpha value is -2.12. The van der Waals surface area contributed by atoms with E-state index >= 15 is 0 Å². The quantitative estimate of drug-likeness (QED) is 0.757. The van der Waals surface area contributed by atoms with Crippen LogP contribution in [0.4, 0.5) is 21.5 Å². The molecular weight excluding hydrogens is 293 g/mol. The molecule has 0 atom stereocenters. The van der Waals surface area contributed by atoms with Crippen LogP contribution in [-0.4, -0.2) is 15.5 Å². The van der Waals surface area contributed by atoms with Crippen molar-refractivity contribution in [2.75, 3.05) is 18.1 Å². The van der Waals surface area contributed by atoms with Crippen molar-refractivity contribution < 1.29 is 12.8 Å². The Morgan fingerprint density at radius 3 is 2.48 bits per heavy atom. The summed E-state index contributed by atoms with van der Waals surface area (Å²) in [5.74, 6) is -0.467. The van der Waals surface area contributed by atoms with Crippen LogP contribution in [0.15, 0.2) is 41.3 Å². The molecule has 7 heteroatoms. The lowest BCUT2D eigenvalue weighted by Crippen LogP contribution is -2.20. The third-order valence-electron chi connectivity index (χ3n) is 2.96. The lowest BCUT2D eigenvalue weighted by atomic mass is 10.2. The van der Waals surface area contributed by atoms with Gasteiger partial charge in [-0.25, -0.2) is 17.5 Å². The van der Waals surface area contributed by atoms with E-state index in [1.165, 1.54) is 25.2 Å². The van der Waals surface area contributed by atoms with Crippen molar-refractivity contribution in [1.82, 2.24) is 4.72 Å². The largest absolute Gasteiger partial charge is 0.399 e. The first kappa shape index (κ1) is 15.3. The maximum atomic E-state index is 13.8. The summed E-state index contributed by atoms with van der Waals surface area (Å²) in [6.07, 6.45) is 0. The minimum Gasteiger partial charge on any atom is -0.399 e. The van der Waals surface area contributed by atoms with Crippen LogP contribution in [0.1, 0.15) is 5.56 Å². The van der Waals surface area contributed by atoms with E-state index in [1.807, 2.05) is 6.92 Å². The number of benzene rings is 2. The van der Waals surface area contributed by atoms with Crippen LogP contribution in [0.5, 0.6) is 0 Å². The number of halogens is 1. The molecule has 0 aliphatic carbocycles. The van der Waals surface area contributed by atoms with Gasteiger partial charge in [-0.1, -0.05) is 6.07 Å². The fraction of sp³-hybridized carbons (Fsp3) is 0.143. The lowest BCUT2D eigenvalue weighted by Gasteiger charge is -2.14. The van der Waals surface area contributed by atoms with Gasteiger partial charge < -0.3 is 11.1 Å². The van der Waals surface area contributed by atoms with E-state index in [-0.39, 0.29) is 16.3 Å². The second-order valence-corrected chi connectivity index (χ2v) is 6.43. The van der Waals surface area contributed by atoms with Crippen molar-refractivity contribution in [3.63, 3.8) is 0 Å². The highest BCUT2D eigenvalue weighted by Crippen LogP contribution is 2.28. The summed E-state index contributed by atoms with van der Waals surface area (Å²) in [5.41, 5.74) is 7.25. The number of anilines is 3. The topological polar surface area (TPSA) is 84.2 Å². The van der Waals surface area contributed by atoms with Crippen LogP contribution >= 0.6 is 0 Å². The first-order chi connectivity index (χ1) is 9.83.